The molecule has 2 aliphatic heterocycles. The van der Waals surface area contributed by atoms with Gasteiger partial charge in [0.1, 0.15) is 0 Å². The molecule has 8 atom stereocenters. The average molecular weight is 415 g/mol. The number of aliphatic hydroxyl groups is 2. The fraction of sp³-hybridized carbons (Fsp3) is 0.818. The number of amides is 2. The van der Waals surface area contributed by atoms with Gasteiger partial charge >= 0.3 is 11.8 Å². The molecule has 30 heavy (non-hydrogen) atoms. The second-order valence-electron chi connectivity index (χ2n) is 11.7. The first-order valence-corrected chi connectivity index (χ1v) is 11.0. The highest BCUT2D eigenvalue weighted by Crippen LogP contribution is 2.74. The molecule has 0 aromatic carbocycles. The second-order valence-corrected chi connectivity index (χ2v) is 11.7. The quantitative estimate of drug-likeness (QED) is 0.584. The van der Waals surface area contributed by atoms with Crippen molar-refractivity contribution in [3.63, 3.8) is 0 Å². The molecule has 0 radical (unpaired) electrons. The first-order valence-electron chi connectivity index (χ1n) is 11.0. The van der Waals surface area contributed by atoms with Gasteiger partial charge in [-0.05, 0) is 48.3 Å². The van der Waals surface area contributed by atoms with Gasteiger partial charge in [-0.15, -0.1) is 0 Å². The summed E-state index contributed by atoms with van der Waals surface area (Å²) < 4.78 is 0. The van der Waals surface area contributed by atoms with E-state index in [0.29, 0.717) is 36.1 Å². The van der Waals surface area contributed by atoms with E-state index in [9.17, 15) is 19.8 Å². The Morgan fingerprint density at radius 3 is 1.47 bits per heavy atom. The van der Waals surface area contributed by atoms with Crippen LogP contribution in [-0.4, -0.2) is 54.9 Å². The fourth-order valence-corrected chi connectivity index (χ4v) is 8.02. The summed E-state index contributed by atoms with van der Waals surface area (Å²) in [5, 5.41) is 33.4. The Hall–Kier alpha value is -1.80. The lowest BCUT2D eigenvalue weighted by molar-refractivity contribution is -0.185. The van der Waals surface area contributed by atoms with E-state index in [1.807, 2.05) is 13.8 Å². The molecule has 6 aliphatic rings. The van der Waals surface area contributed by atoms with E-state index in [1.54, 1.807) is 0 Å². The third kappa shape index (κ3) is 1.80. The van der Waals surface area contributed by atoms with Crippen LogP contribution in [0.3, 0.4) is 0 Å². The predicted molar refractivity (Wildman–Crippen MR) is 108 cm³/mol. The molecule has 2 N–H and O–H groups in total. The van der Waals surface area contributed by atoms with Crippen LogP contribution >= 0.6 is 0 Å². The third-order valence-corrected chi connectivity index (χ3v) is 9.75. The highest BCUT2D eigenvalue weighted by molar-refractivity contribution is 6.35. The van der Waals surface area contributed by atoms with Crippen molar-refractivity contribution in [2.45, 2.75) is 65.8 Å². The summed E-state index contributed by atoms with van der Waals surface area (Å²) in [6.07, 6.45) is 0.839. The van der Waals surface area contributed by atoms with Crippen molar-refractivity contribution in [1.82, 2.24) is 10.0 Å². The van der Waals surface area contributed by atoms with Crippen molar-refractivity contribution < 1.29 is 19.8 Å². The van der Waals surface area contributed by atoms with Crippen molar-refractivity contribution in [3.05, 3.63) is 0 Å². The fourth-order valence-electron chi connectivity index (χ4n) is 8.02. The Morgan fingerprint density at radius 1 is 0.800 bits per heavy atom. The second kappa shape index (κ2) is 4.83. The van der Waals surface area contributed by atoms with Gasteiger partial charge < -0.3 is 10.2 Å². The zero-order valence-electron chi connectivity index (χ0n) is 18.4. The van der Waals surface area contributed by atoms with Crippen LogP contribution in [0.2, 0.25) is 0 Å². The largest absolute Gasteiger partial charge is 0.368 e. The summed E-state index contributed by atoms with van der Waals surface area (Å²) in [5.74, 6) is -1.15. The third-order valence-electron chi connectivity index (χ3n) is 9.75. The van der Waals surface area contributed by atoms with Crippen molar-refractivity contribution in [3.8, 4) is 0 Å². The molecular weight excluding hydrogens is 384 g/mol. The van der Waals surface area contributed by atoms with Gasteiger partial charge in [0, 0.05) is 24.3 Å². The predicted octanol–water partition coefficient (Wildman–Crippen LogP) is 1.38. The molecule has 6 rings (SSSR count). The molecule has 4 aliphatic carbocycles. The summed E-state index contributed by atoms with van der Waals surface area (Å²) in [6.45, 7) is 12.3. The number of hydrazone groups is 2. The number of hydrogen-bond acceptors (Lipinski definition) is 6. The summed E-state index contributed by atoms with van der Waals surface area (Å²) in [5.41, 5.74) is -1.29. The minimum absolute atomic E-state index is 0.118. The van der Waals surface area contributed by atoms with Crippen LogP contribution in [0.25, 0.3) is 0 Å². The van der Waals surface area contributed by atoms with Gasteiger partial charge in [-0.25, -0.2) is 0 Å². The number of carbonyl (C=O) groups is 2. The molecule has 4 fully saturated rings. The lowest BCUT2D eigenvalue weighted by atomic mass is 9.84. The van der Waals surface area contributed by atoms with Crippen molar-refractivity contribution >= 4 is 23.2 Å². The molecule has 0 aromatic heterocycles. The Labute approximate surface area is 176 Å². The molecule has 0 saturated heterocycles. The van der Waals surface area contributed by atoms with E-state index in [0.717, 1.165) is 10.0 Å². The van der Waals surface area contributed by atoms with Crippen molar-refractivity contribution in [2.75, 3.05) is 0 Å². The van der Waals surface area contributed by atoms with Crippen LogP contribution in [0.1, 0.15) is 54.4 Å². The SMILES string of the molecule is CC1=NN(C(=O)C(=O)N2N=C(C)[C@@H]3[C@H]4[C@@H](C[C@]32O)C4(C)C)[C@@]2(O)C[C@H]3[C@@H]([C@@H]12)C3(C)C. The number of rotatable bonds is 0. The zero-order valence-corrected chi connectivity index (χ0v) is 18.4. The Balaban J connectivity index is 1.28. The first kappa shape index (κ1) is 18.9. The number of fused-ring (bicyclic) bond motifs is 6. The van der Waals surface area contributed by atoms with E-state index in [-0.39, 0.29) is 34.5 Å². The molecule has 8 heteroatoms. The Bertz CT molecular complexity index is 908. The number of nitrogens with zero attached hydrogens (tertiary/aromatic N) is 4. The molecule has 0 unspecified atom stereocenters. The van der Waals surface area contributed by atoms with Crippen LogP contribution in [0.4, 0.5) is 0 Å². The molecule has 4 saturated carbocycles. The minimum atomic E-state index is -1.46. The maximum atomic E-state index is 13.3. The van der Waals surface area contributed by atoms with Gasteiger partial charge in [0.25, 0.3) is 0 Å². The van der Waals surface area contributed by atoms with Gasteiger partial charge in [-0.1, -0.05) is 27.7 Å². The van der Waals surface area contributed by atoms with Gasteiger partial charge in [0.15, 0.2) is 11.4 Å². The molecule has 2 amide bonds. The van der Waals surface area contributed by atoms with Gasteiger partial charge in [-0.3, -0.25) is 9.59 Å². The highest BCUT2D eigenvalue weighted by atomic mass is 16.3. The van der Waals surface area contributed by atoms with Gasteiger partial charge in [0.05, 0.1) is 11.8 Å². The summed E-state index contributed by atoms with van der Waals surface area (Å²) in [6, 6.07) is 0. The average Bonchev–Trinajstić information content (AvgIpc) is 3.07. The number of carbonyl (C=O) groups excluding carboxylic acids is 2. The number of hydrogen-bond donors (Lipinski definition) is 2. The van der Waals surface area contributed by atoms with Gasteiger partial charge in [0.2, 0.25) is 0 Å². The van der Waals surface area contributed by atoms with Crippen LogP contribution in [0.5, 0.6) is 0 Å². The van der Waals surface area contributed by atoms with Crippen LogP contribution in [-0.2, 0) is 9.59 Å². The zero-order chi connectivity index (χ0) is 21.8. The molecule has 8 nitrogen and oxygen atoms in total. The maximum absolute atomic E-state index is 13.3. The van der Waals surface area contributed by atoms with Crippen LogP contribution in [0, 0.1) is 46.3 Å². The maximum Gasteiger partial charge on any atom is 0.336 e. The van der Waals surface area contributed by atoms with Gasteiger partial charge in [-0.2, -0.15) is 20.2 Å². The van der Waals surface area contributed by atoms with E-state index < -0.39 is 23.3 Å². The topological polar surface area (TPSA) is 106 Å². The Morgan fingerprint density at radius 2 is 1.13 bits per heavy atom. The molecule has 0 bridgehead atoms. The first-order chi connectivity index (χ1) is 13.8. The lowest BCUT2D eigenvalue weighted by Crippen LogP contribution is -2.58. The van der Waals surface area contributed by atoms with E-state index in [4.69, 9.17) is 0 Å². The normalized spacial score (nSPS) is 50.4. The summed E-state index contributed by atoms with van der Waals surface area (Å²) in [7, 11) is 0. The van der Waals surface area contributed by atoms with E-state index >= 15 is 0 Å². The summed E-state index contributed by atoms with van der Waals surface area (Å²) >= 11 is 0. The molecule has 0 spiro atoms. The monoisotopic (exact) mass is 414 g/mol. The highest BCUT2D eigenvalue weighted by Gasteiger charge is 2.78. The van der Waals surface area contributed by atoms with Crippen molar-refractivity contribution in [1.29, 1.82) is 0 Å². The van der Waals surface area contributed by atoms with Crippen LogP contribution in [0.15, 0.2) is 10.2 Å². The molecule has 2 heterocycles. The lowest BCUT2D eigenvalue weighted by Gasteiger charge is -2.37. The Kier molecular flexibility index (Phi) is 3.04. The van der Waals surface area contributed by atoms with Crippen molar-refractivity contribution in [2.24, 2.45) is 56.5 Å². The molecule has 162 valence electrons. The van der Waals surface area contributed by atoms with E-state index in [2.05, 4.69) is 37.9 Å². The molecule has 0 aromatic rings. The minimum Gasteiger partial charge on any atom is -0.368 e. The van der Waals surface area contributed by atoms with Crippen LogP contribution < -0.4 is 0 Å². The molecular formula is C22H30N4O4. The standard InChI is InChI=1S/C22H30N4O4/c1-9-13-15-11(19(15,3)4)7-21(13,29)25(23-9)17(27)18(28)26-22(30)8-12-16(20(12,5)6)14(22)10(2)24-26/h11-16,29-30H,7-8H2,1-6H3/t11-,12+,13-,14-,15-,16+,21+,22-/m1/s1. The summed E-state index contributed by atoms with van der Waals surface area (Å²) in [4.78, 5) is 26.5. The smallest absolute Gasteiger partial charge is 0.336 e. The van der Waals surface area contributed by atoms with E-state index in [1.165, 1.54) is 0 Å².